The van der Waals surface area contributed by atoms with Crippen molar-refractivity contribution in [3.63, 3.8) is 0 Å². The molecule has 0 spiro atoms. The molecule has 10 rings (SSSR count). The van der Waals surface area contributed by atoms with Crippen LogP contribution in [0.2, 0.25) is 0 Å². The van der Waals surface area contributed by atoms with E-state index in [1.165, 1.54) is 97.0 Å². The predicted molar refractivity (Wildman–Crippen MR) is 214 cm³/mol. The predicted octanol–water partition coefficient (Wildman–Crippen LogP) is 14.2. The zero-order chi connectivity index (χ0) is 32.3. The Hall–Kier alpha value is -6.02. The van der Waals surface area contributed by atoms with E-state index in [0.717, 1.165) is 0 Å². The van der Waals surface area contributed by atoms with E-state index in [0.29, 0.717) is 0 Å². The van der Waals surface area contributed by atoms with E-state index in [2.05, 4.69) is 182 Å². The number of benzene rings is 9. The molecule has 0 nitrogen and oxygen atoms in total. The third kappa shape index (κ3) is 4.58. The van der Waals surface area contributed by atoms with Crippen LogP contribution in [0.5, 0.6) is 0 Å². The van der Waals surface area contributed by atoms with Crippen molar-refractivity contribution >= 4 is 63.8 Å². The number of hydrogen-bond acceptors (Lipinski definition) is 1. The molecule has 49 heavy (non-hydrogen) atoms. The lowest BCUT2D eigenvalue weighted by atomic mass is 9.83. The number of hydrogen-bond donors (Lipinski definition) is 0. The summed E-state index contributed by atoms with van der Waals surface area (Å²) < 4.78 is 2.66. The average molecular weight is 639 g/mol. The largest absolute Gasteiger partial charge is 0.135 e. The number of rotatable bonds is 4. The molecule has 0 saturated heterocycles. The first-order valence-electron chi connectivity index (χ1n) is 16.8. The highest BCUT2D eigenvalue weighted by atomic mass is 32.1. The lowest BCUT2D eigenvalue weighted by molar-refractivity contribution is 1.61. The Morgan fingerprint density at radius 1 is 0.265 bits per heavy atom. The molecule has 0 saturated carbocycles. The van der Waals surface area contributed by atoms with Crippen LogP contribution in [0.15, 0.2) is 182 Å². The van der Waals surface area contributed by atoms with Gasteiger partial charge in [0, 0.05) is 20.2 Å². The normalized spacial score (nSPS) is 11.7. The van der Waals surface area contributed by atoms with Gasteiger partial charge < -0.3 is 0 Å². The summed E-state index contributed by atoms with van der Waals surface area (Å²) in [6, 6.07) is 67.1. The monoisotopic (exact) mass is 638 g/mol. The molecular weight excluding hydrogens is 609 g/mol. The SMILES string of the molecule is c1ccc(-c2ccc(-c3c4ccccc4c(-c4cccc5ccccc45)c4ccc(-c5ccc6sc7ccccc7c6c5)cc34)cc2)cc1. The van der Waals surface area contributed by atoms with Gasteiger partial charge in [-0.2, -0.15) is 0 Å². The summed E-state index contributed by atoms with van der Waals surface area (Å²) in [7, 11) is 0. The molecule has 228 valence electrons. The second kappa shape index (κ2) is 11.3. The molecule has 0 aliphatic carbocycles. The molecule has 1 heteroatoms. The Bertz CT molecular complexity index is 2850. The lowest BCUT2D eigenvalue weighted by Gasteiger charge is -2.20. The van der Waals surface area contributed by atoms with Gasteiger partial charge in [0.2, 0.25) is 0 Å². The fourth-order valence-electron chi connectivity index (χ4n) is 7.77. The Morgan fingerprint density at radius 3 is 1.61 bits per heavy atom. The maximum absolute atomic E-state index is 2.44. The quantitative estimate of drug-likeness (QED) is 0.168. The highest BCUT2D eigenvalue weighted by Crippen LogP contribution is 2.47. The summed E-state index contributed by atoms with van der Waals surface area (Å²) in [5.41, 5.74) is 9.98. The fraction of sp³-hybridized carbons (Fsp3) is 0. The van der Waals surface area contributed by atoms with Crippen LogP contribution in [-0.4, -0.2) is 0 Å². The van der Waals surface area contributed by atoms with Crippen LogP contribution >= 0.6 is 11.3 Å². The minimum Gasteiger partial charge on any atom is -0.135 e. The molecule has 10 aromatic rings. The molecule has 0 atom stereocenters. The highest BCUT2D eigenvalue weighted by Gasteiger charge is 2.19. The standard InChI is InChI=1S/C48H30S/c1-2-11-31(12-3-1)32-21-23-34(24-22-32)47-40-17-6-7-18-41(40)48(39-19-10-14-33-13-4-5-15-37(33)39)42-27-25-35(30-44(42)47)36-26-28-46-43(29-36)38-16-8-9-20-45(38)49-46/h1-30H. The Labute approximate surface area is 289 Å². The highest BCUT2D eigenvalue weighted by molar-refractivity contribution is 7.25. The molecule has 0 N–H and O–H groups in total. The molecule has 0 aliphatic rings. The van der Waals surface area contributed by atoms with Crippen molar-refractivity contribution in [1.82, 2.24) is 0 Å². The van der Waals surface area contributed by atoms with Gasteiger partial charge in [0.15, 0.2) is 0 Å². The van der Waals surface area contributed by atoms with Gasteiger partial charge in [0.1, 0.15) is 0 Å². The molecule has 0 fully saturated rings. The number of fused-ring (bicyclic) bond motifs is 6. The molecule has 0 amide bonds. The van der Waals surface area contributed by atoms with Crippen molar-refractivity contribution in [3.05, 3.63) is 182 Å². The summed E-state index contributed by atoms with van der Waals surface area (Å²) in [6.45, 7) is 0. The topological polar surface area (TPSA) is 0 Å². The van der Waals surface area contributed by atoms with Crippen LogP contribution in [0.1, 0.15) is 0 Å². The van der Waals surface area contributed by atoms with E-state index in [9.17, 15) is 0 Å². The fourth-order valence-corrected chi connectivity index (χ4v) is 8.85. The molecule has 9 aromatic carbocycles. The smallest absolute Gasteiger partial charge is 0.0355 e. The van der Waals surface area contributed by atoms with Crippen LogP contribution in [0.4, 0.5) is 0 Å². The van der Waals surface area contributed by atoms with E-state index in [4.69, 9.17) is 0 Å². The van der Waals surface area contributed by atoms with E-state index in [1.54, 1.807) is 0 Å². The first-order chi connectivity index (χ1) is 24.3. The number of thiophene rings is 1. The molecule has 0 radical (unpaired) electrons. The van der Waals surface area contributed by atoms with Crippen molar-refractivity contribution in [2.75, 3.05) is 0 Å². The molecule has 1 heterocycles. The van der Waals surface area contributed by atoms with Gasteiger partial charge in [-0.15, -0.1) is 11.3 Å². The molecule has 0 aliphatic heterocycles. The minimum atomic E-state index is 1.22. The van der Waals surface area contributed by atoms with Gasteiger partial charge in [0.25, 0.3) is 0 Å². The van der Waals surface area contributed by atoms with Crippen molar-refractivity contribution in [1.29, 1.82) is 0 Å². The van der Waals surface area contributed by atoms with Crippen LogP contribution in [-0.2, 0) is 0 Å². The van der Waals surface area contributed by atoms with E-state index < -0.39 is 0 Å². The summed E-state index contributed by atoms with van der Waals surface area (Å²) in [5, 5.41) is 10.2. The second-order valence-corrected chi connectivity index (χ2v) is 13.9. The second-order valence-electron chi connectivity index (χ2n) is 12.8. The third-order valence-corrected chi connectivity index (χ3v) is 11.2. The van der Waals surface area contributed by atoms with Crippen molar-refractivity contribution in [2.24, 2.45) is 0 Å². The van der Waals surface area contributed by atoms with Crippen molar-refractivity contribution in [2.45, 2.75) is 0 Å². The third-order valence-electron chi connectivity index (χ3n) is 10.1. The Morgan fingerprint density at radius 2 is 0.796 bits per heavy atom. The molecule has 1 aromatic heterocycles. The van der Waals surface area contributed by atoms with Gasteiger partial charge in [-0.1, -0.05) is 158 Å². The maximum Gasteiger partial charge on any atom is 0.0355 e. The van der Waals surface area contributed by atoms with Crippen LogP contribution in [0, 0.1) is 0 Å². The first kappa shape index (κ1) is 28.0. The van der Waals surface area contributed by atoms with Crippen LogP contribution in [0.3, 0.4) is 0 Å². The summed E-state index contributed by atoms with van der Waals surface area (Å²) in [6.07, 6.45) is 0. The summed E-state index contributed by atoms with van der Waals surface area (Å²) in [5.74, 6) is 0. The van der Waals surface area contributed by atoms with Gasteiger partial charge >= 0.3 is 0 Å². The van der Waals surface area contributed by atoms with E-state index >= 15 is 0 Å². The van der Waals surface area contributed by atoms with Crippen LogP contribution in [0.25, 0.3) is 97.0 Å². The van der Waals surface area contributed by atoms with Crippen molar-refractivity contribution < 1.29 is 0 Å². The Kier molecular flexibility index (Phi) is 6.47. The summed E-state index contributed by atoms with van der Waals surface area (Å²) in [4.78, 5) is 0. The van der Waals surface area contributed by atoms with Crippen LogP contribution < -0.4 is 0 Å². The van der Waals surface area contributed by atoms with Gasteiger partial charge in [-0.25, -0.2) is 0 Å². The summed E-state index contributed by atoms with van der Waals surface area (Å²) >= 11 is 1.87. The molecule has 0 bridgehead atoms. The lowest BCUT2D eigenvalue weighted by Crippen LogP contribution is -1.92. The zero-order valence-corrected chi connectivity index (χ0v) is 27.5. The van der Waals surface area contributed by atoms with Crippen molar-refractivity contribution in [3.8, 4) is 44.5 Å². The first-order valence-corrected chi connectivity index (χ1v) is 17.7. The zero-order valence-electron chi connectivity index (χ0n) is 26.7. The molecular formula is C48H30S. The van der Waals surface area contributed by atoms with E-state index in [-0.39, 0.29) is 0 Å². The Balaban J connectivity index is 1.28. The van der Waals surface area contributed by atoms with Gasteiger partial charge in [0.05, 0.1) is 0 Å². The van der Waals surface area contributed by atoms with Gasteiger partial charge in [-0.05, 0) is 101 Å². The maximum atomic E-state index is 2.44. The van der Waals surface area contributed by atoms with E-state index in [1.807, 2.05) is 11.3 Å². The molecule has 0 unspecified atom stereocenters. The van der Waals surface area contributed by atoms with Gasteiger partial charge in [-0.3, -0.25) is 0 Å². The minimum absolute atomic E-state index is 1.22. The average Bonchev–Trinajstić information content (AvgIpc) is 3.55.